The molecule has 0 unspecified atom stereocenters. The summed E-state index contributed by atoms with van der Waals surface area (Å²) in [4.78, 5) is 40.5. The molecule has 6 rings (SSSR count). The van der Waals surface area contributed by atoms with Crippen LogP contribution in [0.5, 0.6) is 0 Å². The number of hydrogen-bond donors (Lipinski definition) is 2. The lowest BCUT2D eigenvalue weighted by atomic mass is 9.82. The zero-order valence-electron chi connectivity index (χ0n) is 22.8. The maximum atomic E-state index is 14.4. The molecular weight excluding hydrogens is 522 g/mol. The fourth-order valence-electron chi connectivity index (χ4n) is 6.83. The number of carbonyl (C=O) groups is 1. The van der Waals surface area contributed by atoms with Gasteiger partial charge >= 0.3 is 0 Å². The summed E-state index contributed by atoms with van der Waals surface area (Å²) in [5.74, 6) is -0.447. The van der Waals surface area contributed by atoms with E-state index in [0.717, 1.165) is 22.2 Å². The molecule has 2 aliphatic heterocycles. The fraction of sp³-hybridized carbons (Fsp3) is 0.323. The number of anilines is 1. The average molecular weight is 556 g/mol. The first-order valence-corrected chi connectivity index (χ1v) is 16.7. The lowest BCUT2D eigenvalue weighted by Gasteiger charge is -2.32. The number of nitrogens with zero attached hydrogens (tertiary/aromatic N) is 3. The van der Waals surface area contributed by atoms with Crippen LogP contribution in [0.2, 0.25) is 18.6 Å². The van der Waals surface area contributed by atoms with E-state index in [9.17, 15) is 19.5 Å². The lowest BCUT2D eigenvalue weighted by molar-refractivity contribution is -0.146. The quantitative estimate of drug-likeness (QED) is 0.347. The molecule has 0 saturated carbocycles. The van der Waals surface area contributed by atoms with Crippen LogP contribution in [-0.2, 0) is 21.7 Å². The van der Waals surface area contributed by atoms with Crippen LogP contribution in [0.4, 0.5) is 5.69 Å². The van der Waals surface area contributed by atoms with E-state index in [1.165, 1.54) is 4.68 Å². The number of benzene rings is 3. The SMILES string of the molecule is C[C@H]1[C@H]([Si](C)(C)O)[C@@H](CCO)O[C@]12C(=O)N(Cc1cccc(-n3ncc4ccccc4c3=O)c1)c1ccccc12. The molecule has 1 amide bonds. The number of para-hydroxylation sites is 1. The van der Waals surface area contributed by atoms with Crippen LogP contribution in [0.25, 0.3) is 16.5 Å². The molecule has 1 spiro atoms. The van der Waals surface area contributed by atoms with Crippen LogP contribution in [0, 0.1) is 5.92 Å². The minimum absolute atomic E-state index is 0.0804. The highest BCUT2D eigenvalue weighted by atomic mass is 28.4. The van der Waals surface area contributed by atoms with Crippen molar-refractivity contribution in [1.29, 1.82) is 0 Å². The number of aliphatic hydroxyl groups is 1. The molecule has 0 aliphatic carbocycles. The Hall–Kier alpha value is -3.63. The highest BCUT2D eigenvalue weighted by Crippen LogP contribution is 2.59. The standard InChI is InChI=1S/C31H33N3O5Si/c1-20-28(40(2,3)38)27(15-16-35)39-31(20)25-13-6-7-14-26(25)33(30(31)37)19-21-9-8-11-23(17-21)34-29(36)24-12-5-4-10-22(24)18-32-34/h4-14,17-18,20,27-28,35,38H,15-16,19H2,1-3H3/t20-,27+,28-,31+/m0/s1. The summed E-state index contributed by atoms with van der Waals surface area (Å²) in [6.07, 6.45) is 1.62. The summed E-state index contributed by atoms with van der Waals surface area (Å²) >= 11 is 0. The van der Waals surface area contributed by atoms with Crippen molar-refractivity contribution in [3.8, 4) is 5.69 Å². The molecular formula is C31H33N3O5Si. The Morgan fingerprint density at radius 1 is 1.02 bits per heavy atom. The molecule has 1 fully saturated rings. The number of ether oxygens (including phenoxy) is 1. The third-order valence-electron chi connectivity index (χ3n) is 8.50. The molecule has 1 saturated heterocycles. The monoisotopic (exact) mass is 555 g/mol. The molecule has 3 heterocycles. The largest absolute Gasteiger partial charge is 0.432 e. The van der Waals surface area contributed by atoms with Gasteiger partial charge in [-0.25, -0.2) is 0 Å². The highest BCUT2D eigenvalue weighted by molar-refractivity contribution is 6.71. The molecule has 2 aliphatic rings. The van der Waals surface area contributed by atoms with Crippen molar-refractivity contribution in [2.75, 3.05) is 11.5 Å². The van der Waals surface area contributed by atoms with Crippen molar-refractivity contribution in [3.63, 3.8) is 0 Å². The van der Waals surface area contributed by atoms with Gasteiger partial charge in [0.15, 0.2) is 13.9 Å². The number of carbonyl (C=O) groups excluding carboxylic acids is 1. The number of aliphatic hydroxyl groups excluding tert-OH is 1. The Morgan fingerprint density at radius 2 is 1.77 bits per heavy atom. The summed E-state index contributed by atoms with van der Waals surface area (Å²) in [6, 6.07) is 22.5. The summed E-state index contributed by atoms with van der Waals surface area (Å²) in [7, 11) is -2.74. The first-order chi connectivity index (χ1) is 19.2. The summed E-state index contributed by atoms with van der Waals surface area (Å²) in [6.45, 7) is 5.93. The van der Waals surface area contributed by atoms with Crippen molar-refractivity contribution in [1.82, 2.24) is 9.78 Å². The Kier molecular flexibility index (Phi) is 6.50. The summed E-state index contributed by atoms with van der Waals surface area (Å²) in [5.41, 5.74) is 1.36. The molecule has 2 N–H and O–H groups in total. The number of amides is 1. The van der Waals surface area contributed by atoms with E-state index < -0.39 is 20.0 Å². The third-order valence-corrected chi connectivity index (χ3v) is 11.0. The average Bonchev–Trinajstić information content (AvgIpc) is 3.36. The van der Waals surface area contributed by atoms with Gasteiger partial charge in [-0.2, -0.15) is 9.78 Å². The maximum absolute atomic E-state index is 14.4. The molecule has 1 aromatic heterocycles. The zero-order valence-corrected chi connectivity index (χ0v) is 23.8. The topological polar surface area (TPSA) is 105 Å². The van der Waals surface area contributed by atoms with Gasteiger partial charge in [0.1, 0.15) is 0 Å². The normalized spacial score (nSPS) is 24.3. The van der Waals surface area contributed by atoms with Gasteiger partial charge in [0.2, 0.25) is 0 Å². The van der Waals surface area contributed by atoms with Crippen LogP contribution in [0.3, 0.4) is 0 Å². The van der Waals surface area contributed by atoms with Gasteiger partial charge in [-0.1, -0.05) is 55.5 Å². The second-order valence-corrected chi connectivity index (χ2v) is 15.4. The Labute approximate surface area is 233 Å². The van der Waals surface area contributed by atoms with Crippen LogP contribution >= 0.6 is 0 Å². The minimum atomic E-state index is -2.74. The van der Waals surface area contributed by atoms with Crippen molar-refractivity contribution in [3.05, 3.63) is 100 Å². The molecule has 206 valence electrons. The van der Waals surface area contributed by atoms with E-state index in [4.69, 9.17) is 4.74 Å². The first-order valence-electron chi connectivity index (χ1n) is 13.7. The Bertz CT molecular complexity index is 1660. The molecule has 4 aromatic rings. The summed E-state index contributed by atoms with van der Waals surface area (Å²) in [5, 5.41) is 15.5. The molecule has 0 radical (unpaired) electrons. The summed E-state index contributed by atoms with van der Waals surface area (Å²) < 4.78 is 8.01. The van der Waals surface area contributed by atoms with Gasteiger partial charge in [-0.05, 0) is 49.3 Å². The van der Waals surface area contributed by atoms with E-state index in [0.29, 0.717) is 17.5 Å². The fourth-order valence-corrected chi connectivity index (χ4v) is 9.43. The van der Waals surface area contributed by atoms with Crippen molar-refractivity contribution in [2.24, 2.45) is 5.92 Å². The van der Waals surface area contributed by atoms with Gasteiger partial charge < -0.3 is 19.5 Å². The zero-order chi connectivity index (χ0) is 28.2. The van der Waals surface area contributed by atoms with Gasteiger partial charge in [0.05, 0.1) is 35.6 Å². The van der Waals surface area contributed by atoms with E-state index in [1.807, 2.05) is 86.7 Å². The van der Waals surface area contributed by atoms with Crippen LogP contribution in [0.15, 0.2) is 83.8 Å². The molecule has 9 heteroatoms. The van der Waals surface area contributed by atoms with Gasteiger partial charge in [0.25, 0.3) is 11.5 Å². The number of fused-ring (bicyclic) bond motifs is 3. The number of rotatable bonds is 6. The first kappa shape index (κ1) is 26.6. The predicted octanol–water partition coefficient (Wildman–Crippen LogP) is 4.11. The Balaban J connectivity index is 1.38. The smallest absolute Gasteiger partial charge is 0.279 e. The van der Waals surface area contributed by atoms with E-state index in [2.05, 4.69) is 5.10 Å². The minimum Gasteiger partial charge on any atom is -0.432 e. The molecule has 4 atom stereocenters. The van der Waals surface area contributed by atoms with Crippen LogP contribution in [0.1, 0.15) is 24.5 Å². The third kappa shape index (κ3) is 4.04. The van der Waals surface area contributed by atoms with E-state index in [1.54, 1.807) is 17.2 Å². The highest BCUT2D eigenvalue weighted by Gasteiger charge is 2.65. The van der Waals surface area contributed by atoms with Crippen molar-refractivity contribution in [2.45, 2.75) is 50.2 Å². The Morgan fingerprint density at radius 3 is 2.55 bits per heavy atom. The van der Waals surface area contributed by atoms with E-state index >= 15 is 0 Å². The predicted molar refractivity (Wildman–Crippen MR) is 156 cm³/mol. The molecule has 8 nitrogen and oxygen atoms in total. The second-order valence-electron chi connectivity index (χ2n) is 11.4. The van der Waals surface area contributed by atoms with Crippen molar-refractivity contribution < 1.29 is 19.4 Å². The lowest BCUT2D eigenvalue weighted by Crippen LogP contribution is -2.46. The van der Waals surface area contributed by atoms with Crippen LogP contribution < -0.4 is 10.5 Å². The number of hydrogen-bond acceptors (Lipinski definition) is 6. The maximum Gasteiger partial charge on any atom is 0.279 e. The molecule has 3 aromatic carbocycles. The molecule has 0 bridgehead atoms. The van der Waals surface area contributed by atoms with E-state index in [-0.39, 0.29) is 36.1 Å². The van der Waals surface area contributed by atoms with Crippen LogP contribution in [-0.4, -0.2) is 46.6 Å². The van der Waals surface area contributed by atoms with Crippen molar-refractivity contribution >= 4 is 30.7 Å². The van der Waals surface area contributed by atoms with Gasteiger partial charge in [0, 0.05) is 29.0 Å². The second kappa shape index (κ2) is 9.78. The van der Waals surface area contributed by atoms with Gasteiger partial charge in [-0.15, -0.1) is 0 Å². The van der Waals surface area contributed by atoms with Gasteiger partial charge in [-0.3, -0.25) is 9.59 Å². The number of aromatic nitrogens is 2. The molecule has 40 heavy (non-hydrogen) atoms.